The number of nitriles is 1. The van der Waals surface area contributed by atoms with Crippen molar-refractivity contribution in [1.82, 2.24) is 0 Å². The van der Waals surface area contributed by atoms with E-state index in [-0.39, 0.29) is 30.0 Å². The Balaban J connectivity index is 2.46. The molecule has 0 saturated carbocycles. The third-order valence-corrected chi connectivity index (χ3v) is 3.07. The Morgan fingerprint density at radius 1 is 1.47 bits per heavy atom. The summed E-state index contributed by atoms with van der Waals surface area (Å²) in [5, 5.41) is 8.68. The quantitative estimate of drug-likeness (QED) is 0.754. The molecule has 0 amide bonds. The summed E-state index contributed by atoms with van der Waals surface area (Å²) < 4.78 is 32.2. The Labute approximate surface area is 98.2 Å². The molecule has 0 bridgehead atoms. The summed E-state index contributed by atoms with van der Waals surface area (Å²) in [5.74, 6) is -1.17. The minimum absolute atomic E-state index is 0.137. The highest BCUT2D eigenvalue weighted by molar-refractivity contribution is 5.61. The molecule has 0 fully saturated rings. The van der Waals surface area contributed by atoms with Gasteiger partial charge in [-0.05, 0) is 6.92 Å². The number of anilines is 1. The third-order valence-electron chi connectivity index (χ3n) is 3.07. The van der Waals surface area contributed by atoms with Gasteiger partial charge in [-0.15, -0.1) is 0 Å². The number of likely N-dealkylation sites (N-methyl/N-ethyl adjacent to an activating group) is 1. The number of halogens is 2. The second-order valence-electron chi connectivity index (χ2n) is 4.10. The zero-order valence-corrected chi connectivity index (χ0v) is 9.58. The summed E-state index contributed by atoms with van der Waals surface area (Å²) in [5.41, 5.74) is 0.244. The summed E-state index contributed by atoms with van der Waals surface area (Å²) in [7, 11) is 1.71. The lowest BCUT2D eigenvalue weighted by atomic mass is 10.0. The third kappa shape index (κ3) is 1.91. The molecular weight excluding hydrogens is 226 g/mol. The number of hydrogen-bond donors (Lipinski definition) is 0. The molecule has 1 heterocycles. The smallest absolute Gasteiger partial charge is 0.153 e. The molecule has 2 unspecified atom stereocenters. The topological polar surface area (TPSA) is 36.3 Å². The number of rotatable bonds is 1. The minimum atomic E-state index is -0.681. The van der Waals surface area contributed by atoms with Crippen LogP contribution in [-0.4, -0.2) is 19.2 Å². The van der Waals surface area contributed by atoms with E-state index in [1.165, 1.54) is 0 Å². The van der Waals surface area contributed by atoms with Crippen LogP contribution in [0.25, 0.3) is 0 Å². The predicted octanol–water partition coefficient (Wildman–Crippen LogP) is 2.46. The summed E-state index contributed by atoms with van der Waals surface area (Å²) in [6.07, 6.45) is -0.193. The molecule has 2 rings (SSSR count). The van der Waals surface area contributed by atoms with Crippen molar-refractivity contribution in [1.29, 1.82) is 5.26 Å². The van der Waals surface area contributed by atoms with Gasteiger partial charge in [-0.3, -0.25) is 0 Å². The monoisotopic (exact) mass is 238 g/mol. The van der Waals surface area contributed by atoms with Gasteiger partial charge in [-0.2, -0.15) is 5.26 Å². The first-order valence-corrected chi connectivity index (χ1v) is 5.30. The van der Waals surface area contributed by atoms with Crippen LogP contribution in [0.15, 0.2) is 12.1 Å². The molecule has 0 radical (unpaired) electrons. The van der Waals surface area contributed by atoms with Crippen molar-refractivity contribution in [2.45, 2.75) is 25.5 Å². The van der Waals surface area contributed by atoms with Crippen molar-refractivity contribution < 1.29 is 13.5 Å². The van der Waals surface area contributed by atoms with Crippen LogP contribution in [-0.2, 0) is 0 Å². The van der Waals surface area contributed by atoms with Crippen LogP contribution in [0.5, 0.6) is 5.75 Å². The molecule has 0 N–H and O–H groups in total. The molecule has 90 valence electrons. The maximum atomic E-state index is 13.6. The van der Waals surface area contributed by atoms with E-state index in [1.54, 1.807) is 11.9 Å². The Morgan fingerprint density at radius 2 is 2.18 bits per heavy atom. The molecule has 5 heteroatoms. The molecule has 1 aliphatic rings. The Bertz CT molecular complexity index is 484. The Hall–Kier alpha value is -1.83. The first-order valence-electron chi connectivity index (χ1n) is 5.30. The van der Waals surface area contributed by atoms with Crippen molar-refractivity contribution in [3.05, 3.63) is 23.8 Å². The molecule has 3 nitrogen and oxygen atoms in total. The lowest BCUT2D eigenvalue weighted by molar-refractivity contribution is 0.163. The molecule has 0 saturated heterocycles. The van der Waals surface area contributed by atoms with Crippen LogP contribution >= 0.6 is 0 Å². The molecular formula is C12H12F2N2O. The summed E-state index contributed by atoms with van der Waals surface area (Å²) >= 11 is 0. The first kappa shape index (κ1) is 11.6. The SMILES string of the molecule is CC1C(CC#N)Oc2cc(F)cc(F)c2N1C. The van der Waals surface area contributed by atoms with Crippen molar-refractivity contribution in [3.63, 3.8) is 0 Å². The summed E-state index contributed by atoms with van der Waals surface area (Å²) in [6, 6.07) is 3.85. The fourth-order valence-electron chi connectivity index (χ4n) is 1.99. The molecule has 0 aromatic heterocycles. The van der Waals surface area contributed by atoms with Crippen LogP contribution in [0.1, 0.15) is 13.3 Å². The molecule has 1 aromatic rings. The summed E-state index contributed by atoms with van der Waals surface area (Å²) in [4.78, 5) is 1.68. The van der Waals surface area contributed by atoms with Crippen molar-refractivity contribution in [2.24, 2.45) is 0 Å². The van der Waals surface area contributed by atoms with Crippen LogP contribution < -0.4 is 9.64 Å². The lowest BCUT2D eigenvalue weighted by Gasteiger charge is -2.39. The van der Waals surface area contributed by atoms with E-state index in [1.807, 2.05) is 13.0 Å². The van der Waals surface area contributed by atoms with Crippen molar-refractivity contribution in [2.75, 3.05) is 11.9 Å². The van der Waals surface area contributed by atoms with Gasteiger partial charge in [0.05, 0.1) is 18.5 Å². The molecule has 1 aromatic carbocycles. The fraction of sp³-hybridized carbons (Fsp3) is 0.417. The average Bonchev–Trinajstić information content (AvgIpc) is 2.24. The van der Waals surface area contributed by atoms with E-state index < -0.39 is 11.6 Å². The lowest BCUT2D eigenvalue weighted by Crippen LogP contribution is -2.46. The Morgan fingerprint density at radius 3 is 2.82 bits per heavy atom. The molecule has 2 atom stereocenters. The maximum Gasteiger partial charge on any atom is 0.153 e. The van der Waals surface area contributed by atoms with E-state index in [0.29, 0.717) is 0 Å². The van der Waals surface area contributed by atoms with Gasteiger partial charge in [0.1, 0.15) is 23.4 Å². The highest BCUT2D eigenvalue weighted by Crippen LogP contribution is 2.38. The first-order chi connectivity index (χ1) is 8.04. The van der Waals surface area contributed by atoms with Crippen LogP contribution in [0.4, 0.5) is 14.5 Å². The molecule has 1 aliphatic heterocycles. The van der Waals surface area contributed by atoms with Gasteiger partial charge in [0.25, 0.3) is 0 Å². The van der Waals surface area contributed by atoms with Gasteiger partial charge in [-0.1, -0.05) is 0 Å². The number of fused-ring (bicyclic) bond motifs is 1. The zero-order chi connectivity index (χ0) is 12.6. The van der Waals surface area contributed by atoms with E-state index in [4.69, 9.17) is 10.00 Å². The molecule has 0 spiro atoms. The summed E-state index contributed by atoms with van der Waals surface area (Å²) in [6.45, 7) is 1.84. The highest BCUT2D eigenvalue weighted by Gasteiger charge is 2.33. The normalized spacial score (nSPS) is 22.6. The van der Waals surface area contributed by atoms with Gasteiger partial charge in [0.2, 0.25) is 0 Å². The second kappa shape index (κ2) is 4.21. The van der Waals surface area contributed by atoms with Gasteiger partial charge in [0.15, 0.2) is 5.82 Å². The average molecular weight is 238 g/mol. The van der Waals surface area contributed by atoms with Gasteiger partial charge in [0, 0.05) is 19.2 Å². The maximum absolute atomic E-state index is 13.6. The number of benzene rings is 1. The Kier molecular flexibility index (Phi) is 2.88. The van der Waals surface area contributed by atoms with E-state index in [0.717, 1.165) is 12.1 Å². The molecule has 17 heavy (non-hydrogen) atoms. The van der Waals surface area contributed by atoms with Crippen molar-refractivity contribution >= 4 is 5.69 Å². The minimum Gasteiger partial charge on any atom is -0.485 e. The van der Waals surface area contributed by atoms with Crippen LogP contribution in [0.3, 0.4) is 0 Å². The number of hydrogen-bond acceptors (Lipinski definition) is 3. The van der Waals surface area contributed by atoms with Gasteiger partial charge < -0.3 is 9.64 Å². The highest BCUT2D eigenvalue weighted by atomic mass is 19.1. The van der Waals surface area contributed by atoms with E-state index in [9.17, 15) is 8.78 Å². The van der Waals surface area contributed by atoms with E-state index in [2.05, 4.69) is 0 Å². The van der Waals surface area contributed by atoms with Crippen LogP contribution in [0, 0.1) is 23.0 Å². The van der Waals surface area contributed by atoms with E-state index >= 15 is 0 Å². The largest absolute Gasteiger partial charge is 0.485 e. The fourth-order valence-corrected chi connectivity index (χ4v) is 1.99. The predicted molar refractivity (Wildman–Crippen MR) is 58.9 cm³/mol. The van der Waals surface area contributed by atoms with Gasteiger partial charge >= 0.3 is 0 Å². The van der Waals surface area contributed by atoms with Crippen LogP contribution in [0.2, 0.25) is 0 Å². The van der Waals surface area contributed by atoms with Gasteiger partial charge in [-0.25, -0.2) is 8.78 Å². The van der Waals surface area contributed by atoms with Crippen molar-refractivity contribution in [3.8, 4) is 11.8 Å². The standard InChI is InChI=1S/C12H12F2N2O/c1-7-10(3-4-15)17-11-6-8(13)5-9(14)12(11)16(7)2/h5-7,10H,3H2,1-2H3. The molecule has 0 aliphatic carbocycles. The number of nitrogens with zero attached hydrogens (tertiary/aromatic N) is 2. The zero-order valence-electron chi connectivity index (χ0n) is 9.58. The second-order valence-corrected chi connectivity index (χ2v) is 4.10. The number of ether oxygens (including phenoxy) is 1.